The maximum Gasteiger partial charge on any atom is 0.416 e. The summed E-state index contributed by atoms with van der Waals surface area (Å²) in [6.07, 6.45) is -1.65. The largest absolute Gasteiger partial charge is 0.416 e. The third kappa shape index (κ3) is 6.13. The lowest BCUT2D eigenvalue weighted by atomic mass is 10.2. The Labute approximate surface area is 172 Å². The van der Waals surface area contributed by atoms with Crippen molar-refractivity contribution in [1.29, 1.82) is 0 Å². The number of aromatic nitrogens is 7. The number of amides is 1. The van der Waals surface area contributed by atoms with Gasteiger partial charge in [0.1, 0.15) is 11.9 Å². The molecule has 0 bridgehead atoms. The van der Waals surface area contributed by atoms with Crippen LogP contribution in [0.25, 0.3) is 0 Å². The molecule has 0 aliphatic rings. The Morgan fingerprint density at radius 2 is 1.97 bits per heavy atom. The van der Waals surface area contributed by atoms with Crippen molar-refractivity contribution in [3.8, 4) is 0 Å². The molecule has 1 atom stereocenters. The van der Waals surface area contributed by atoms with Gasteiger partial charge >= 0.3 is 6.18 Å². The van der Waals surface area contributed by atoms with Gasteiger partial charge in [0, 0.05) is 19.2 Å². The van der Waals surface area contributed by atoms with Gasteiger partial charge in [-0.05, 0) is 12.1 Å². The zero-order valence-electron chi connectivity index (χ0n) is 15.8. The van der Waals surface area contributed by atoms with E-state index in [0.29, 0.717) is 6.29 Å². The van der Waals surface area contributed by atoms with E-state index in [1.165, 1.54) is 17.1 Å². The highest BCUT2D eigenvalue weighted by Gasteiger charge is 2.30. The van der Waals surface area contributed by atoms with Crippen LogP contribution >= 0.6 is 0 Å². The molecule has 0 aliphatic heterocycles. The summed E-state index contributed by atoms with van der Waals surface area (Å²) in [6.45, 7) is -0.235. The van der Waals surface area contributed by atoms with Crippen molar-refractivity contribution in [2.24, 2.45) is 0 Å². The van der Waals surface area contributed by atoms with Crippen molar-refractivity contribution in [3.63, 3.8) is 0 Å². The summed E-state index contributed by atoms with van der Waals surface area (Å²) >= 11 is 0. The van der Waals surface area contributed by atoms with E-state index >= 15 is 0 Å². The molecule has 0 fully saturated rings. The molecule has 1 N–H and O–H groups in total. The molecule has 0 spiro atoms. The molecule has 3 aromatic rings. The quantitative estimate of drug-likeness (QED) is 0.395. The van der Waals surface area contributed by atoms with Crippen molar-refractivity contribution >= 4 is 12.2 Å². The molecular formula is C17H16F4N8O2. The summed E-state index contributed by atoms with van der Waals surface area (Å²) in [6, 6.07) is 1.66. The molecule has 31 heavy (non-hydrogen) atoms. The Hall–Kier alpha value is -3.71. The number of carbonyl (C=O) groups excluding carboxylic acids is 2. The lowest BCUT2D eigenvalue weighted by molar-refractivity contribution is -0.137. The monoisotopic (exact) mass is 440 g/mol. The fourth-order valence-corrected chi connectivity index (χ4v) is 2.55. The van der Waals surface area contributed by atoms with Gasteiger partial charge in [0.2, 0.25) is 0 Å². The molecule has 0 saturated carbocycles. The van der Waals surface area contributed by atoms with Crippen LogP contribution in [-0.4, -0.2) is 53.3 Å². The highest BCUT2D eigenvalue weighted by molar-refractivity contribution is 5.91. The van der Waals surface area contributed by atoms with E-state index < -0.39 is 23.8 Å². The number of alkyl halides is 4. The zero-order chi connectivity index (χ0) is 22.4. The van der Waals surface area contributed by atoms with Gasteiger partial charge < -0.3 is 5.32 Å². The second kappa shape index (κ2) is 9.40. The standard InChI is InChI=1S/C17H16F4N8O2/c18-12(2-4-28-8-14(10-30)24-26-28)7-29-9-15(25-27-29)16(31)23-6-13-5-11(1-3-22-13)17(19,20)21/h1,3,5,8-10,12H,2,4,6-7H2,(H,23,31). The van der Waals surface area contributed by atoms with E-state index in [0.717, 1.165) is 23.0 Å². The number of aldehydes is 1. The van der Waals surface area contributed by atoms with Crippen molar-refractivity contribution < 1.29 is 27.2 Å². The first-order valence-electron chi connectivity index (χ1n) is 8.94. The Balaban J connectivity index is 1.49. The first-order chi connectivity index (χ1) is 14.7. The number of halogens is 4. The SMILES string of the molecule is O=Cc1cn(CCC(F)Cn2cc(C(=O)NCc3cc(C(F)(F)F)ccn3)nn2)nn1. The van der Waals surface area contributed by atoms with Crippen LogP contribution in [0.15, 0.2) is 30.7 Å². The van der Waals surface area contributed by atoms with Crippen LogP contribution in [0.1, 0.15) is 38.7 Å². The van der Waals surface area contributed by atoms with Gasteiger partial charge in [-0.2, -0.15) is 13.2 Å². The third-order valence-corrected chi connectivity index (χ3v) is 4.08. The summed E-state index contributed by atoms with van der Waals surface area (Å²) in [5.74, 6) is -0.690. The Morgan fingerprint density at radius 1 is 1.19 bits per heavy atom. The van der Waals surface area contributed by atoms with Crippen LogP contribution in [0.2, 0.25) is 0 Å². The second-order valence-electron chi connectivity index (χ2n) is 6.45. The normalized spacial score (nSPS) is 12.5. The minimum Gasteiger partial charge on any atom is -0.345 e. The van der Waals surface area contributed by atoms with Gasteiger partial charge in [0.25, 0.3) is 5.91 Å². The van der Waals surface area contributed by atoms with Crippen LogP contribution in [0.4, 0.5) is 17.6 Å². The van der Waals surface area contributed by atoms with E-state index in [1.807, 2.05) is 0 Å². The molecule has 1 unspecified atom stereocenters. The summed E-state index contributed by atoms with van der Waals surface area (Å²) in [4.78, 5) is 26.5. The molecular weight excluding hydrogens is 424 g/mol. The van der Waals surface area contributed by atoms with Crippen molar-refractivity contribution in [1.82, 2.24) is 40.3 Å². The maximum atomic E-state index is 14.2. The van der Waals surface area contributed by atoms with Crippen molar-refractivity contribution in [2.45, 2.75) is 38.4 Å². The van der Waals surface area contributed by atoms with Crippen molar-refractivity contribution in [3.05, 3.63) is 53.4 Å². The number of hydrogen-bond acceptors (Lipinski definition) is 7. The van der Waals surface area contributed by atoms with Crippen LogP contribution in [-0.2, 0) is 25.8 Å². The average molecular weight is 440 g/mol. The van der Waals surface area contributed by atoms with Gasteiger partial charge in [0.15, 0.2) is 12.0 Å². The molecule has 1 amide bonds. The smallest absolute Gasteiger partial charge is 0.345 e. The predicted octanol–water partition coefficient (Wildman–Crippen LogP) is 1.45. The Bertz CT molecular complexity index is 1050. The zero-order valence-corrected chi connectivity index (χ0v) is 15.8. The first kappa shape index (κ1) is 22.0. The van der Waals surface area contributed by atoms with Gasteiger partial charge in [0.05, 0.1) is 36.7 Å². The van der Waals surface area contributed by atoms with Crippen LogP contribution in [0, 0.1) is 0 Å². The van der Waals surface area contributed by atoms with E-state index in [2.05, 4.69) is 30.9 Å². The highest BCUT2D eigenvalue weighted by atomic mass is 19.4. The van der Waals surface area contributed by atoms with Crippen LogP contribution in [0.3, 0.4) is 0 Å². The van der Waals surface area contributed by atoms with E-state index in [1.54, 1.807) is 0 Å². The minimum absolute atomic E-state index is 0.0187. The van der Waals surface area contributed by atoms with Crippen LogP contribution in [0.5, 0.6) is 0 Å². The molecule has 0 radical (unpaired) electrons. The maximum absolute atomic E-state index is 14.2. The minimum atomic E-state index is -4.52. The fraction of sp³-hybridized carbons (Fsp3) is 0.353. The fourth-order valence-electron chi connectivity index (χ4n) is 2.55. The summed E-state index contributed by atoms with van der Waals surface area (Å²) in [5.41, 5.74) is -0.834. The molecule has 0 saturated heterocycles. The number of aryl methyl sites for hydroxylation is 1. The van der Waals surface area contributed by atoms with E-state index in [-0.39, 0.29) is 43.1 Å². The molecule has 3 heterocycles. The summed E-state index contributed by atoms with van der Waals surface area (Å²) in [7, 11) is 0. The average Bonchev–Trinajstić information content (AvgIpc) is 3.39. The molecule has 0 aliphatic carbocycles. The van der Waals surface area contributed by atoms with E-state index in [4.69, 9.17) is 0 Å². The van der Waals surface area contributed by atoms with Gasteiger partial charge in [-0.1, -0.05) is 10.4 Å². The molecule has 14 heteroatoms. The number of rotatable bonds is 9. The number of pyridine rings is 1. The Kier molecular flexibility index (Phi) is 6.67. The van der Waals surface area contributed by atoms with Gasteiger partial charge in [-0.25, -0.2) is 9.07 Å². The number of nitrogens with zero attached hydrogens (tertiary/aromatic N) is 7. The molecule has 3 aromatic heterocycles. The highest BCUT2D eigenvalue weighted by Crippen LogP contribution is 2.28. The summed E-state index contributed by atoms with van der Waals surface area (Å²) < 4.78 is 54.8. The molecule has 164 valence electrons. The van der Waals surface area contributed by atoms with Crippen LogP contribution < -0.4 is 5.32 Å². The van der Waals surface area contributed by atoms with E-state index in [9.17, 15) is 27.2 Å². The van der Waals surface area contributed by atoms with Crippen molar-refractivity contribution in [2.75, 3.05) is 0 Å². The molecule has 10 nitrogen and oxygen atoms in total. The Morgan fingerprint density at radius 3 is 2.68 bits per heavy atom. The third-order valence-electron chi connectivity index (χ3n) is 4.08. The second-order valence-corrected chi connectivity index (χ2v) is 6.45. The lowest BCUT2D eigenvalue weighted by Crippen LogP contribution is -2.24. The number of hydrogen-bond donors (Lipinski definition) is 1. The number of carbonyl (C=O) groups is 2. The topological polar surface area (TPSA) is 120 Å². The summed E-state index contributed by atoms with van der Waals surface area (Å²) in [5, 5.41) is 16.9. The number of nitrogens with one attached hydrogen (secondary N) is 1. The first-order valence-corrected chi connectivity index (χ1v) is 8.94. The van der Waals surface area contributed by atoms with Gasteiger partial charge in [-0.3, -0.25) is 19.3 Å². The molecule has 3 rings (SSSR count). The lowest BCUT2D eigenvalue weighted by Gasteiger charge is -2.08. The van der Waals surface area contributed by atoms with Gasteiger partial charge in [-0.15, -0.1) is 10.2 Å². The molecule has 0 aromatic carbocycles. The predicted molar refractivity (Wildman–Crippen MR) is 95.4 cm³/mol.